The highest BCUT2D eigenvalue weighted by molar-refractivity contribution is 6.06. The Labute approximate surface area is 167 Å². The van der Waals surface area contributed by atoms with Crippen molar-refractivity contribution in [1.29, 1.82) is 0 Å². The van der Waals surface area contributed by atoms with Crippen molar-refractivity contribution >= 4 is 17.8 Å². The molecule has 4 rings (SSSR count). The molecule has 1 aromatic heterocycles. The molecular weight excluding hydrogens is 370 g/mol. The van der Waals surface area contributed by atoms with Crippen molar-refractivity contribution in [1.82, 2.24) is 20.4 Å². The summed E-state index contributed by atoms with van der Waals surface area (Å²) in [7, 11) is 1.52. The number of carbonyl (C=O) groups excluding carboxylic acids is 2. The van der Waals surface area contributed by atoms with Gasteiger partial charge in [-0.15, -0.1) is 0 Å². The van der Waals surface area contributed by atoms with Gasteiger partial charge in [-0.2, -0.15) is 5.10 Å². The van der Waals surface area contributed by atoms with Crippen LogP contribution in [0.25, 0.3) is 0 Å². The van der Waals surface area contributed by atoms with Crippen LogP contribution in [0.1, 0.15) is 27.2 Å². The fraction of sp³-hybridized carbons (Fsp3) is 0.190. The summed E-state index contributed by atoms with van der Waals surface area (Å²) in [6.07, 6.45) is 0. The maximum atomic E-state index is 12.6. The van der Waals surface area contributed by atoms with Crippen LogP contribution in [0, 0.1) is 0 Å². The molecule has 1 aliphatic rings. The Kier molecular flexibility index (Phi) is 5.15. The standard InChI is InChI=1S/C21H21N5O3/c1-29-18-10-6-5-9-15(18)20(27)23-19-16-12-26(13-17(16)24-25-19)21(28)22-11-14-7-3-2-4-8-14/h2-10H,11-13H2,1H3,(H,22,28)(H2,23,24,25,27). The Morgan fingerprint density at radius 2 is 1.86 bits per heavy atom. The summed E-state index contributed by atoms with van der Waals surface area (Å²) in [5.74, 6) is 0.595. The minimum Gasteiger partial charge on any atom is -0.496 e. The minimum atomic E-state index is -0.316. The number of H-pyrrole nitrogens is 1. The first-order valence-corrected chi connectivity index (χ1v) is 9.23. The number of rotatable bonds is 5. The summed E-state index contributed by atoms with van der Waals surface area (Å²) in [4.78, 5) is 26.8. The highest BCUT2D eigenvalue weighted by Crippen LogP contribution is 2.28. The van der Waals surface area contributed by atoms with Crippen LogP contribution >= 0.6 is 0 Å². The van der Waals surface area contributed by atoms with Gasteiger partial charge in [-0.1, -0.05) is 42.5 Å². The quantitative estimate of drug-likeness (QED) is 0.623. The fourth-order valence-electron chi connectivity index (χ4n) is 3.28. The van der Waals surface area contributed by atoms with E-state index >= 15 is 0 Å². The number of aromatic nitrogens is 2. The number of fused-ring (bicyclic) bond motifs is 1. The van der Waals surface area contributed by atoms with E-state index in [0.29, 0.717) is 36.8 Å². The maximum absolute atomic E-state index is 12.6. The number of aromatic amines is 1. The largest absolute Gasteiger partial charge is 0.496 e. The molecule has 148 valence electrons. The molecule has 0 radical (unpaired) electrons. The lowest BCUT2D eigenvalue weighted by Gasteiger charge is -2.17. The van der Waals surface area contributed by atoms with E-state index in [2.05, 4.69) is 20.8 Å². The van der Waals surface area contributed by atoms with Crippen molar-refractivity contribution < 1.29 is 14.3 Å². The molecule has 8 heteroatoms. The van der Waals surface area contributed by atoms with Crippen molar-refractivity contribution in [2.45, 2.75) is 19.6 Å². The number of para-hydroxylation sites is 1. The molecule has 29 heavy (non-hydrogen) atoms. The number of anilines is 1. The Hall–Kier alpha value is -3.81. The highest BCUT2D eigenvalue weighted by Gasteiger charge is 2.29. The average molecular weight is 391 g/mol. The molecule has 0 spiro atoms. The van der Waals surface area contributed by atoms with Gasteiger partial charge < -0.3 is 20.3 Å². The molecule has 0 aliphatic carbocycles. The molecule has 0 saturated heterocycles. The highest BCUT2D eigenvalue weighted by atomic mass is 16.5. The maximum Gasteiger partial charge on any atom is 0.318 e. The lowest BCUT2D eigenvalue weighted by Crippen LogP contribution is -2.36. The molecule has 0 unspecified atom stereocenters. The Morgan fingerprint density at radius 1 is 1.10 bits per heavy atom. The third-order valence-electron chi connectivity index (χ3n) is 4.81. The molecule has 8 nitrogen and oxygen atoms in total. The predicted molar refractivity (Wildman–Crippen MR) is 107 cm³/mol. The second-order valence-corrected chi connectivity index (χ2v) is 6.68. The SMILES string of the molecule is COc1ccccc1C(=O)Nc1n[nH]c2c1CN(C(=O)NCc1ccccc1)C2. The van der Waals surface area contributed by atoms with Crippen LogP contribution in [0.2, 0.25) is 0 Å². The van der Waals surface area contributed by atoms with E-state index < -0.39 is 0 Å². The smallest absolute Gasteiger partial charge is 0.318 e. The Morgan fingerprint density at radius 3 is 2.66 bits per heavy atom. The number of hydrogen-bond donors (Lipinski definition) is 3. The van der Waals surface area contributed by atoms with E-state index in [0.717, 1.165) is 16.8 Å². The summed E-state index contributed by atoms with van der Waals surface area (Å²) in [5.41, 5.74) is 3.07. The molecule has 3 amide bonds. The molecule has 1 aliphatic heterocycles. The summed E-state index contributed by atoms with van der Waals surface area (Å²) < 4.78 is 5.24. The third kappa shape index (κ3) is 3.91. The van der Waals surface area contributed by atoms with Crippen LogP contribution in [-0.4, -0.2) is 34.1 Å². The number of nitrogens with one attached hydrogen (secondary N) is 3. The van der Waals surface area contributed by atoms with Crippen molar-refractivity contribution in [2.75, 3.05) is 12.4 Å². The fourth-order valence-corrected chi connectivity index (χ4v) is 3.28. The first-order valence-electron chi connectivity index (χ1n) is 9.23. The number of methoxy groups -OCH3 is 1. The topological polar surface area (TPSA) is 99.3 Å². The second kappa shape index (κ2) is 8.05. The molecule has 3 N–H and O–H groups in total. The van der Waals surface area contributed by atoms with E-state index in [1.165, 1.54) is 7.11 Å². The number of amides is 3. The number of hydrogen-bond acceptors (Lipinski definition) is 4. The first kappa shape index (κ1) is 18.5. The van der Waals surface area contributed by atoms with E-state index in [1.807, 2.05) is 30.3 Å². The van der Waals surface area contributed by atoms with Crippen molar-refractivity contribution in [3.63, 3.8) is 0 Å². The third-order valence-corrected chi connectivity index (χ3v) is 4.81. The van der Waals surface area contributed by atoms with Crippen molar-refractivity contribution in [2.24, 2.45) is 0 Å². The monoisotopic (exact) mass is 391 g/mol. The van der Waals surface area contributed by atoms with Gasteiger partial charge in [0.15, 0.2) is 5.82 Å². The number of ether oxygens (including phenoxy) is 1. The van der Waals surface area contributed by atoms with E-state index in [9.17, 15) is 9.59 Å². The zero-order valence-electron chi connectivity index (χ0n) is 15.9. The lowest BCUT2D eigenvalue weighted by molar-refractivity contribution is 0.102. The second-order valence-electron chi connectivity index (χ2n) is 6.68. The average Bonchev–Trinajstić information content (AvgIpc) is 3.34. The molecule has 0 saturated carbocycles. The molecule has 0 bridgehead atoms. The number of nitrogens with zero attached hydrogens (tertiary/aromatic N) is 2. The van der Waals surface area contributed by atoms with Gasteiger partial charge in [0.1, 0.15) is 5.75 Å². The van der Waals surface area contributed by atoms with Crippen LogP contribution in [-0.2, 0) is 19.6 Å². The molecule has 2 heterocycles. The van der Waals surface area contributed by atoms with Crippen LogP contribution in [0.15, 0.2) is 54.6 Å². The minimum absolute atomic E-state index is 0.166. The molecule has 0 atom stereocenters. The van der Waals surface area contributed by atoms with Crippen LogP contribution in [0.4, 0.5) is 10.6 Å². The van der Waals surface area contributed by atoms with Gasteiger partial charge in [0, 0.05) is 12.1 Å². The predicted octanol–water partition coefficient (Wildman–Crippen LogP) is 2.90. The number of benzene rings is 2. The zero-order valence-corrected chi connectivity index (χ0v) is 15.9. The van der Waals surface area contributed by atoms with Crippen LogP contribution in [0.5, 0.6) is 5.75 Å². The van der Waals surface area contributed by atoms with Gasteiger partial charge in [-0.25, -0.2) is 4.79 Å². The zero-order chi connectivity index (χ0) is 20.2. The van der Waals surface area contributed by atoms with Gasteiger partial charge in [0.2, 0.25) is 0 Å². The van der Waals surface area contributed by atoms with Crippen molar-refractivity contribution in [3.8, 4) is 5.75 Å². The van der Waals surface area contributed by atoms with Crippen LogP contribution in [0.3, 0.4) is 0 Å². The first-order chi connectivity index (χ1) is 14.2. The van der Waals surface area contributed by atoms with Gasteiger partial charge in [0.05, 0.1) is 31.5 Å². The van der Waals surface area contributed by atoms with Crippen LogP contribution < -0.4 is 15.4 Å². The van der Waals surface area contributed by atoms with Gasteiger partial charge in [-0.3, -0.25) is 9.89 Å². The van der Waals surface area contributed by atoms with E-state index in [4.69, 9.17) is 4.74 Å². The molecule has 2 aromatic carbocycles. The summed E-state index contributed by atoms with van der Waals surface area (Å²) in [6.45, 7) is 1.24. The van der Waals surface area contributed by atoms with Gasteiger partial charge in [-0.05, 0) is 17.7 Å². The molecular formula is C21H21N5O3. The van der Waals surface area contributed by atoms with E-state index in [-0.39, 0.29) is 11.9 Å². The summed E-state index contributed by atoms with van der Waals surface area (Å²) in [6, 6.07) is 16.5. The van der Waals surface area contributed by atoms with Crippen molar-refractivity contribution in [3.05, 3.63) is 77.0 Å². The molecule has 0 fully saturated rings. The Balaban J connectivity index is 1.40. The van der Waals surface area contributed by atoms with Gasteiger partial charge >= 0.3 is 6.03 Å². The normalized spacial score (nSPS) is 12.4. The molecule has 3 aromatic rings. The number of carbonyl (C=O) groups is 2. The lowest BCUT2D eigenvalue weighted by atomic mass is 10.2. The van der Waals surface area contributed by atoms with E-state index in [1.54, 1.807) is 29.2 Å². The number of urea groups is 1. The summed E-state index contributed by atoms with van der Waals surface area (Å²) in [5, 5.41) is 12.8. The Bertz CT molecular complexity index is 1030. The summed E-state index contributed by atoms with van der Waals surface area (Å²) >= 11 is 0. The van der Waals surface area contributed by atoms with Gasteiger partial charge in [0.25, 0.3) is 5.91 Å².